The topological polar surface area (TPSA) is 119 Å². The van der Waals surface area contributed by atoms with E-state index in [1.54, 1.807) is 38.1 Å². The van der Waals surface area contributed by atoms with Gasteiger partial charge in [-0.2, -0.15) is 0 Å². The van der Waals surface area contributed by atoms with Gasteiger partial charge in [0.2, 0.25) is 0 Å². The summed E-state index contributed by atoms with van der Waals surface area (Å²) in [6.45, 7) is 3.55. The summed E-state index contributed by atoms with van der Waals surface area (Å²) in [5.74, 6) is -1.86. The van der Waals surface area contributed by atoms with Crippen LogP contribution < -0.4 is 10.2 Å². The first kappa shape index (κ1) is 22.5. The van der Waals surface area contributed by atoms with Gasteiger partial charge in [-0.05, 0) is 32.0 Å². The summed E-state index contributed by atoms with van der Waals surface area (Å²) < 4.78 is 5.17. The van der Waals surface area contributed by atoms with Gasteiger partial charge in [0.25, 0.3) is 11.6 Å². The Balaban J connectivity index is 2.38. The average molecular weight is 413 g/mol. The maximum absolute atomic E-state index is 13.0. The molecule has 0 aliphatic heterocycles. The number of ether oxygens (including phenoxy) is 1. The zero-order valence-corrected chi connectivity index (χ0v) is 17.2. The van der Waals surface area contributed by atoms with Crippen LogP contribution in [0.3, 0.4) is 0 Å². The maximum Gasteiger partial charge on any atom is 0.339 e. The Morgan fingerprint density at radius 2 is 1.77 bits per heavy atom. The van der Waals surface area contributed by atoms with Crippen LogP contribution in [-0.2, 0) is 9.53 Å². The lowest BCUT2D eigenvalue weighted by Crippen LogP contribution is -2.35. The molecular weight excluding hydrogens is 390 g/mol. The van der Waals surface area contributed by atoms with E-state index >= 15 is 0 Å². The van der Waals surface area contributed by atoms with Crippen molar-refractivity contribution in [3.63, 3.8) is 0 Å². The Kier molecular flexibility index (Phi) is 7.24. The number of amides is 1. The van der Waals surface area contributed by atoms with Crippen LogP contribution in [0.5, 0.6) is 0 Å². The molecule has 1 N–H and O–H groups in total. The number of likely N-dealkylation sites (N-methyl/N-ethyl adjacent to an activating group) is 1. The Bertz CT molecular complexity index is 986. The number of hydrogen-bond acceptors (Lipinski definition) is 7. The highest BCUT2D eigenvalue weighted by molar-refractivity contribution is 6.15. The standard InChI is InChI=1S/C21H23N3O6/c1-5-22-20(26)13(2)30-21(27)16-9-7-6-8-15(16)19(25)14-10-11-17(23(3)4)18(12-14)24(28)29/h6-13H,5H2,1-4H3,(H,22,26)/t13-/m1/s1. The van der Waals surface area contributed by atoms with Crippen molar-refractivity contribution < 1.29 is 24.0 Å². The molecule has 0 saturated carbocycles. The number of nitrogens with zero attached hydrogens (tertiary/aromatic N) is 2. The van der Waals surface area contributed by atoms with Crippen LogP contribution in [0, 0.1) is 10.1 Å². The van der Waals surface area contributed by atoms with E-state index < -0.39 is 28.7 Å². The summed E-state index contributed by atoms with van der Waals surface area (Å²) in [5.41, 5.74) is 0.176. The Morgan fingerprint density at radius 1 is 1.13 bits per heavy atom. The minimum absolute atomic E-state index is 0.0255. The molecule has 0 bridgehead atoms. The fraction of sp³-hybridized carbons (Fsp3) is 0.286. The summed E-state index contributed by atoms with van der Waals surface area (Å²) in [7, 11) is 3.32. The quantitative estimate of drug-likeness (QED) is 0.306. The van der Waals surface area contributed by atoms with E-state index in [1.165, 1.54) is 37.3 Å². The average Bonchev–Trinajstić information content (AvgIpc) is 2.72. The minimum atomic E-state index is -1.04. The molecule has 2 rings (SSSR count). The largest absolute Gasteiger partial charge is 0.449 e. The number of hydrogen-bond donors (Lipinski definition) is 1. The van der Waals surface area contributed by atoms with Crippen molar-refractivity contribution >= 4 is 29.0 Å². The van der Waals surface area contributed by atoms with Gasteiger partial charge in [0, 0.05) is 37.8 Å². The third-order valence-electron chi connectivity index (χ3n) is 4.31. The van der Waals surface area contributed by atoms with Gasteiger partial charge in [0.05, 0.1) is 10.5 Å². The van der Waals surface area contributed by atoms with Gasteiger partial charge in [-0.1, -0.05) is 18.2 Å². The Hall–Kier alpha value is -3.75. The molecule has 0 radical (unpaired) electrons. The number of anilines is 1. The second-order valence-electron chi connectivity index (χ2n) is 6.67. The van der Waals surface area contributed by atoms with E-state index in [0.29, 0.717) is 12.2 Å². The van der Waals surface area contributed by atoms with Crippen molar-refractivity contribution in [3.8, 4) is 0 Å². The predicted octanol–water partition coefficient (Wildman–Crippen LogP) is 2.57. The first-order valence-corrected chi connectivity index (χ1v) is 9.25. The molecule has 0 heterocycles. The molecule has 30 heavy (non-hydrogen) atoms. The van der Waals surface area contributed by atoms with Gasteiger partial charge in [0.15, 0.2) is 11.9 Å². The van der Waals surface area contributed by atoms with Crippen molar-refractivity contribution in [1.82, 2.24) is 5.32 Å². The van der Waals surface area contributed by atoms with Gasteiger partial charge in [-0.25, -0.2) is 4.79 Å². The number of ketones is 1. The first-order chi connectivity index (χ1) is 14.2. The number of nitro benzene ring substituents is 1. The molecule has 0 unspecified atom stereocenters. The van der Waals surface area contributed by atoms with Crippen molar-refractivity contribution in [2.24, 2.45) is 0 Å². The molecule has 0 aliphatic carbocycles. The molecule has 2 aromatic rings. The van der Waals surface area contributed by atoms with Gasteiger partial charge in [-0.3, -0.25) is 19.7 Å². The van der Waals surface area contributed by atoms with E-state index in [1.807, 2.05) is 0 Å². The summed E-state index contributed by atoms with van der Waals surface area (Å²) in [5, 5.41) is 14.0. The lowest BCUT2D eigenvalue weighted by atomic mass is 9.97. The van der Waals surface area contributed by atoms with Crippen LogP contribution in [-0.4, -0.2) is 49.3 Å². The third-order valence-corrected chi connectivity index (χ3v) is 4.31. The number of carbonyl (C=O) groups excluding carboxylic acids is 3. The molecule has 1 atom stereocenters. The van der Waals surface area contributed by atoms with Gasteiger partial charge in [0.1, 0.15) is 5.69 Å². The van der Waals surface area contributed by atoms with E-state index in [9.17, 15) is 24.5 Å². The van der Waals surface area contributed by atoms with Gasteiger partial charge in [-0.15, -0.1) is 0 Å². The Morgan fingerprint density at radius 3 is 2.33 bits per heavy atom. The van der Waals surface area contributed by atoms with E-state index in [-0.39, 0.29) is 22.4 Å². The van der Waals surface area contributed by atoms with E-state index in [0.717, 1.165) is 0 Å². The highest BCUT2D eigenvalue weighted by Gasteiger charge is 2.25. The van der Waals surface area contributed by atoms with Crippen LogP contribution >= 0.6 is 0 Å². The van der Waals surface area contributed by atoms with Crippen LogP contribution in [0.2, 0.25) is 0 Å². The monoisotopic (exact) mass is 413 g/mol. The number of benzene rings is 2. The molecule has 9 nitrogen and oxygen atoms in total. The summed E-state index contributed by atoms with van der Waals surface area (Å²) >= 11 is 0. The third kappa shape index (κ3) is 4.99. The number of carbonyl (C=O) groups is 3. The zero-order chi connectivity index (χ0) is 22.4. The van der Waals surface area contributed by atoms with Crippen molar-refractivity contribution in [1.29, 1.82) is 0 Å². The molecule has 0 saturated heterocycles. The SMILES string of the molecule is CCNC(=O)[C@@H](C)OC(=O)c1ccccc1C(=O)c1ccc(N(C)C)c([N+](=O)[O-])c1. The van der Waals surface area contributed by atoms with E-state index in [4.69, 9.17) is 4.74 Å². The van der Waals surface area contributed by atoms with Crippen molar-refractivity contribution in [3.05, 3.63) is 69.3 Å². The zero-order valence-electron chi connectivity index (χ0n) is 17.2. The summed E-state index contributed by atoms with van der Waals surface area (Å²) in [6, 6.07) is 10.1. The highest BCUT2D eigenvalue weighted by Crippen LogP contribution is 2.29. The lowest BCUT2D eigenvalue weighted by molar-refractivity contribution is -0.384. The molecule has 158 valence electrons. The minimum Gasteiger partial charge on any atom is -0.449 e. The molecule has 2 aromatic carbocycles. The molecule has 0 aliphatic rings. The van der Waals surface area contributed by atoms with Crippen molar-refractivity contribution in [2.45, 2.75) is 20.0 Å². The second-order valence-corrected chi connectivity index (χ2v) is 6.67. The summed E-state index contributed by atoms with van der Waals surface area (Å²) in [6.07, 6.45) is -1.04. The van der Waals surface area contributed by atoms with Gasteiger partial charge < -0.3 is 15.0 Å². The summed E-state index contributed by atoms with van der Waals surface area (Å²) in [4.78, 5) is 49.8. The molecular formula is C21H23N3O6. The molecule has 9 heteroatoms. The maximum atomic E-state index is 13.0. The fourth-order valence-corrected chi connectivity index (χ4v) is 2.80. The van der Waals surface area contributed by atoms with Crippen LogP contribution in [0.4, 0.5) is 11.4 Å². The highest BCUT2D eigenvalue weighted by atomic mass is 16.6. The number of rotatable bonds is 8. The van der Waals surface area contributed by atoms with Crippen LogP contribution in [0.15, 0.2) is 42.5 Å². The van der Waals surface area contributed by atoms with Crippen LogP contribution in [0.1, 0.15) is 40.1 Å². The van der Waals surface area contributed by atoms with Crippen molar-refractivity contribution in [2.75, 3.05) is 25.5 Å². The number of nitro groups is 1. The number of esters is 1. The lowest BCUT2D eigenvalue weighted by Gasteiger charge is -2.15. The molecule has 0 aromatic heterocycles. The van der Waals surface area contributed by atoms with Crippen LogP contribution in [0.25, 0.3) is 0 Å². The number of nitrogens with one attached hydrogen (secondary N) is 1. The first-order valence-electron chi connectivity index (χ1n) is 9.25. The second kappa shape index (κ2) is 9.64. The normalized spacial score (nSPS) is 11.3. The Labute approximate surface area is 173 Å². The van der Waals surface area contributed by atoms with Gasteiger partial charge >= 0.3 is 5.97 Å². The molecule has 0 fully saturated rings. The van der Waals surface area contributed by atoms with E-state index in [2.05, 4.69) is 5.32 Å². The predicted molar refractivity (Wildman–Crippen MR) is 111 cm³/mol. The molecule has 0 spiro atoms. The smallest absolute Gasteiger partial charge is 0.339 e. The fourth-order valence-electron chi connectivity index (χ4n) is 2.80. The molecule has 1 amide bonds.